The molecule has 0 N–H and O–H groups in total. The summed E-state index contributed by atoms with van der Waals surface area (Å²) in [4.78, 5) is 23.0. The number of amides is 1. The van der Waals surface area contributed by atoms with Crippen molar-refractivity contribution < 1.29 is 14.3 Å². The molecule has 0 aliphatic carbocycles. The van der Waals surface area contributed by atoms with Gasteiger partial charge in [0, 0.05) is 6.92 Å². The number of carbonyl (C=O) groups is 2. The van der Waals surface area contributed by atoms with Gasteiger partial charge in [-0.3, -0.25) is 4.79 Å². The summed E-state index contributed by atoms with van der Waals surface area (Å²) in [5.74, 6) is 1.38. The van der Waals surface area contributed by atoms with Crippen molar-refractivity contribution in [3.05, 3.63) is 0 Å². The van der Waals surface area contributed by atoms with Crippen molar-refractivity contribution in [1.82, 2.24) is 4.90 Å². The fourth-order valence-corrected chi connectivity index (χ4v) is 1.21. The molecular formula is C9H17NO3S. The molecule has 0 heterocycles. The van der Waals surface area contributed by atoms with Crippen molar-refractivity contribution in [2.75, 3.05) is 18.4 Å². The summed E-state index contributed by atoms with van der Waals surface area (Å²) in [7, 11) is 0. The Morgan fingerprint density at radius 2 is 2.29 bits per heavy atom. The fraction of sp³-hybridized carbons (Fsp3) is 0.778. The third kappa shape index (κ3) is 5.24. The molecule has 1 unspecified atom stereocenters. The number of aldehydes is 1. The highest BCUT2D eigenvalue weighted by Gasteiger charge is 2.15. The second-order valence-electron chi connectivity index (χ2n) is 2.81. The normalized spacial score (nSPS) is 12.2. The lowest BCUT2D eigenvalue weighted by Gasteiger charge is -2.23. The van der Waals surface area contributed by atoms with Crippen LogP contribution < -0.4 is 0 Å². The summed E-state index contributed by atoms with van der Waals surface area (Å²) in [5, 5.41) is 0. The quantitative estimate of drug-likeness (QED) is 0.365. The van der Waals surface area contributed by atoms with Gasteiger partial charge in [0.25, 0.3) is 0 Å². The Kier molecular flexibility index (Phi) is 7.51. The van der Waals surface area contributed by atoms with Crippen LogP contribution in [0.3, 0.4) is 0 Å². The maximum Gasteiger partial charge on any atom is 0.221 e. The molecule has 82 valence electrons. The van der Waals surface area contributed by atoms with Gasteiger partial charge in [-0.2, -0.15) is 0 Å². The molecule has 0 aromatic rings. The SMILES string of the molecule is CCSCOCN(C(C)=O)C(C)C=O. The lowest BCUT2D eigenvalue weighted by Crippen LogP contribution is -2.39. The number of carbonyl (C=O) groups excluding carboxylic acids is 2. The number of rotatable bonds is 7. The molecule has 0 fully saturated rings. The standard InChI is InChI=1S/C9H17NO3S/c1-4-14-7-13-6-10(9(3)12)8(2)5-11/h5,8H,4,6-7H2,1-3H3. The van der Waals surface area contributed by atoms with Crippen LogP contribution in [0.1, 0.15) is 20.8 Å². The molecule has 0 saturated heterocycles. The first-order valence-corrected chi connectivity index (χ1v) is 5.67. The Bertz CT molecular complexity index is 187. The molecule has 0 rings (SSSR count). The van der Waals surface area contributed by atoms with E-state index < -0.39 is 6.04 Å². The molecule has 0 aliphatic rings. The average molecular weight is 219 g/mol. The van der Waals surface area contributed by atoms with Gasteiger partial charge in [0.2, 0.25) is 5.91 Å². The van der Waals surface area contributed by atoms with Crippen LogP contribution in [-0.2, 0) is 14.3 Å². The average Bonchev–Trinajstić information content (AvgIpc) is 2.16. The number of hydrogen-bond acceptors (Lipinski definition) is 4. The zero-order valence-electron chi connectivity index (χ0n) is 8.86. The summed E-state index contributed by atoms with van der Waals surface area (Å²) in [5.41, 5.74) is 0. The van der Waals surface area contributed by atoms with Crippen LogP contribution in [0.5, 0.6) is 0 Å². The molecule has 0 aromatic heterocycles. The topological polar surface area (TPSA) is 46.6 Å². The van der Waals surface area contributed by atoms with Crippen LogP contribution in [0.4, 0.5) is 0 Å². The lowest BCUT2D eigenvalue weighted by atomic mass is 10.3. The molecule has 1 atom stereocenters. The molecule has 0 aliphatic heterocycles. The zero-order valence-corrected chi connectivity index (χ0v) is 9.67. The third-order valence-corrected chi connectivity index (χ3v) is 2.44. The van der Waals surface area contributed by atoms with Gasteiger partial charge in [-0.1, -0.05) is 6.92 Å². The van der Waals surface area contributed by atoms with Gasteiger partial charge in [-0.05, 0) is 12.7 Å². The van der Waals surface area contributed by atoms with Crippen molar-refractivity contribution in [1.29, 1.82) is 0 Å². The van der Waals surface area contributed by atoms with Gasteiger partial charge in [-0.15, -0.1) is 11.8 Å². The predicted molar refractivity (Wildman–Crippen MR) is 57.0 cm³/mol. The summed E-state index contributed by atoms with van der Waals surface area (Å²) >= 11 is 1.63. The van der Waals surface area contributed by atoms with Crippen LogP contribution in [0.25, 0.3) is 0 Å². The molecule has 0 spiro atoms. The van der Waals surface area contributed by atoms with Crippen molar-refractivity contribution in [3.63, 3.8) is 0 Å². The van der Waals surface area contributed by atoms with Crippen molar-refractivity contribution >= 4 is 24.0 Å². The van der Waals surface area contributed by atoms with Gasteiger partial charge in [0.15, 0.2) is 0 Å². The highest BCUT2D eigenvalue weighted by molar-refractivity contribution is 7.99. The van der Waals surface area contributed by atoms with Crippen LogP contribution in [-0.4, -0.2) is 41.6 Å². The molecule has 0 aromatic carbocycles. The van der Waals surface area contributed by atoms with E-state index in [1.165, 1.54) is 11.8 Å². The lowest BCUT2D eigenvalue weighted by molar-refractivity contribution is -0.139. The van der Waals surface area contributed by atoms with Crippen LogP contribution in [0, 0.1) is 0 Å². The first-order valence-electron chi connectivity index (χ1n) is 4.51. The first-order chi connectivity index (χ1) is 6.63. The Hall–Kier alpha value is -0.550. The molecule has 5 heteroatoms. The second kappa shape index (κ2) is 7.82. The molecule has 0 bridgehead atoms. The predicted octanol–water partition coefficient (Wildman–Crippen LogP) is 1.11. The summed E-state index contributed by atoms with van der Waals surface area (Å²) < 4.78 is 5.23. The maximum atomic E-state index is 11.1. The molecule has 1 amide bonds. The van der Waals surface area contributed by atoms with E-state index in [4.69, 9.17) is 4.74 Å². The van der Waals surface area contributed by atoms with Gasteiger partial charge < -0.3 is 14.4 Å². The Labute approximate surface area is 89.0 Å². The van der Waals surface area contributed by atoms with E-state index >= 15 is 0 Å². The van der Waals surface area contributed by atoms with E-state index in [9.17, 15) is 9.59 Å². The van der Waals surface area contributed by atoms with E-state index in [1.807, 2.05) is 6.92 Å². The van der Waals surface area contributed by atoms with Crippen molar-refractivity contribution in [2.24, 2.45) is 0 Å². The smallest absolute Gasteiger partial charge is 0.221 e. The number of thioether (sulfide) groups is 1. The first kappa shape index (κ1) is 13.4. The molecule has 4 nitrogen and oxygen atoms in total. The van der Waals surface area contributed by atoms with Crippen LogP contribution in [0.15, 0.2) is 0 Å². The van der Waals surface area contributed by atoms with Gasteiger partial charge >= 0.3 is 0 Å². The zero-order chi connectivity index (χ0) is 11.0. The Balaban J connectivity index is 3.86. The Morgan fingerprint density at radius 3 is 2.71 bits per heavy atom. The molecule has 0 saturated carbocycles. The largest absolute Gasteiger partial charge is 0.350 e. The molecular weight excluding hydrogens is 202 g/mol. The number of nitrogens with zero attached hydrogens (tertiary/aromatic N) is 1. The van der Waals surface area contributed by atoms with Gasteiger partial charge in [0.1, 0.15) is 13.0 Å². The third-order valence-electron chi connectivity index (χ3n) is 1.69. The van der Waals surface area contributed by atoms with E-state index in [2.05, 4.69) is 0 Å². The minimum atomic E-state index is -0.417. The van der Waals surface area contributed by atoms with Gasteiger partial charge in [0.05, 0.1) is 12.0 Å². The minimum Gasteiger partial charge on any atom is -0.350 e. The summed E-state index contributed by atoms with van der Waals surface area (Å²) in [6.07, 6.45) is 0.734. The highest BCUT2D eigenvalue weighted by atomic mass is 32.2. The number of ether oxygens (including phenoxy) is 1. The van der Waals surface area contributed by atoms with E-state index in [0.29, 0.717) is 5.94 Å². The fourth-order valence-electron chi connectivity index (χ4n) is 0.847. The van der Waals surface area contributed by atoms with E-state index in [-0.39, 0.29) is 12.6 Å². The van der Waals surface area contributed by atoms with Crippen molar-refractivity contribution in [2.45, 2.75) is 26.8 Å². The maximum absolute atomic E-state index is 11.1. The summed E-state index contributed by atoms with van der Waals surface area (Å²) in [6.45, 7) is 5.31. The van der Waals surface area contributed by atoms with Crippen LogP contribution >= 0.6 is 11.8 Å². The van der Waals surface area contributed by atoms with Gasteiger partial charge in [-0.25, -0.2) is 0 Å². The van der Waals surface area contributed by atoms with E-state index in [0.717, 1.165) is 12.0 Å². The van der Waals surface area contributed by atoms with Crippen molar-refractivity contribution in [3.8, 4) is 0 Å². The Morgan fingerprint density at radius 1 is 1.64 bits per heavy atom. The number of hydrogen-bond donors (Lipinski definition) is 0. The van der Waals surface area contributed by atoms with Crippen LogP contribution in [0.2, 0.25) is 0 Å². The minimum absolute atomic E-state index is 0.147. The van der Waals surface area contributed by atoms with E-state index in [1.54, 1.807) is 18.7 Å². The second-order valence-corrected chi connectivity index (χ2v) is 4.03. The monoisotopic (exact) mass is 219 g/mol. The summed E-state index contributed by atoms with van der Waals surface area (Å²) in [6, 6.07) is -0.417. The molecule has 0 radical (unpaired) electrons. The molecule has 14 heavy (non-hydrogen) atoms. The highest BCUT2D eigenvalue weighted by Crippen LogP contribution is 2.02.